The van der Waals surface area contributed by atoms with Gasteiger partial charge >= 0.3 is 11.9 Å². The number of imide groups is 1. The molecule has 2 aromatic rings. The number of amides is 2. The number of benzene rings is 2. The van der Waals surface area contributed by atoms with E-state index >= 15 is 0 Å². The molecule has 33 heavy (non-hydrogen) atoms. The van der Waals surface area contributed by atoms with Crippen LogP contribution < -0.4 is 10.2 Å². The number of carboxylic acid groups (broad SMARTS) is 2. The Morgan fingerprint density at radius 1 is 1.09 bits per heavy atom. The number of aromatic hydroxyl groups is 1. The van der Waals surface area contributed by atoms with Gasteiger partial charge in [-0.1, -0.05) is 24.3 Å². The van der Waals surface area contributed by atoms with Crippen molar-refractivity contribution in [3.63, 3.8) is 0 Å². The van der Waals surface area contributed by atoms with Crippen LogP contribution in [0, 0.1) is 22.0 Å². The Bertz CT molecular complexity index is 1210. The highest BCUT2D eigenvalue weighted by Crippen LogP contribution is 2.52. The molecule has 2 aliphatic rings. The van der Waals surface area contributed by atoms with Gasteiger partial charge in [0.2, 0.25) is 11.8 Å². The first-order valence-corrected chi connectivity index (χ1v) is 9.71. The second-order valence-corrected chi connectivity index (χ2v) is 7.82. The maximum Gasteiger partial charge on any atom is 0.325 e. The van der Waals surface area contributed by atoms with E-state index in [1.807, 2.05) is 0 Å². The molecule has 4 atom stereocenters. The van der Waals surface area contributed by atoms with E-state index in [9.17, 15) is 44.6 Å². The van der Waals surface area contributed by atoms with Crippen molar-refractivity contribution < 1.29 is 39.4 Å². The van der Waals surface area contributed by atoms with Crippen LogP contribution in [-0.4, -0.2) is 49.5 Å². The molecule has 2 saturated heterocycles. The summed E-state index contributed by atoms with van der Waals surface area (Å²) in [6.07, 6.45) is -1.02. The highest BCUT2D eigenvalue weighted by Gasteiger charge is 2.69. The van der Waals surface area contributed by atoms with E-state index in [1.165, 1.54) is 36.4 Å². The van der Waals surface area contributed by atoms with Crippen LogP contribution >= 0.6 is 0 Å². The standard InChI is InChI=1S/C21H17N3O9/c25-13-7-2-1-6-12(13)17-15-16(21(22-17,20(30)31)9-14(26)27)19(29)23(18(15)28)10-4-3-5-11(8-10)24(32)33/h1-8,15-17,22,25H,9H2,(H,26,27)(H,30,31). The highest BCUT2D eigenvalue weighted by atomic mass is 16.6. The van der Waals surface area contributed by atoms with Gasteiger partial charge in [-0.15, -0.1) is 0 Å². The predicted octanol–water partition coefficient (Wildman–Crippen LogP) is 1.05. The molecule has 12 nitrogen and oxygen atoms in total. The number of rotatable bonds is 6. The van der Waals surface area contributed by atoms with Crippen LogP contribution in [0.1, 0.15) is 18.0 Å². The normalized spacial score (nSPS) is 26.3. The largest absolute Gasteiger partial charge is 0.508 e. The lowest BCUT2D eigenvalue weighted by Crippen LogP contribution is -2.57. The van der Waals surface area contributed by atoms with Crippen LogP contribution in [-0.2, 0) is 19.2 Å². The van der Waals surface area contributed by atoms with E-state index in [0.29, 0.717) is 4.90 Å². The van der Waals surface area contributed by atoms with Crippen LogP contribution in [0.3, 0.4) is 0 Å². The number of hydrogen-bond acceptors (Lipinski definition) is 8. The number of nitrogens with zero attached hydrogens (tertiary/aromatic N) is 2. The van der Waals surface area contributed by atoms with E-state index in [0.717, 1.165) is 12.1 Å². The molecule has 4 unspecified atom stereocenters. The summed E-state index contributed by atoms with van der Waals surface area (Å²) in [6.45, 7) is 0. The summed E-state index contributed by atoms with van der Waals surface area (Å²) in [5, 5.41) is 43.5. The zero-order valence-electron chi connectivity index (χ0n) is 16.7. The lowest BCUT2D eigenvalue weighted by atomic mass is 9.77. The van der Waals surface area contributed by atoms with Gasteiger partial charge < -0.3 is 15.3 Å². The Labute approximate surface area is 185 Å². The number of fused-ring (bicyclic) bond motifs is 1. The van der Waals surface area contributed by atoms with E-state index < -0.39 is 64.2 Å². The number of anilines is 1. The molecule has 2 heterocycles. The lowest BCUT2D eigenvalue weighted by molar-refractivity contribution is -0.384. The Balaban J connectivity index is 1.89. The first-order chi connectivity index (χ1) is 15.6. The average Bonchev–Trinajstić information content (AvgIpc) is 3.22. The summed E-state index contributed by atoms with van der Waals surface area (Å²) in [7, 11) is 0. The first-order valence-electron chi connectivity index (χ1n) is 9.71. The topological polar surface area (TPSA) is 187 Å². The molecule has 12 heteroatoms. The fourth-order valence-corrected chi connectivity index (χ4v) is 4.69. The highest BCUT2D eigenvalue weighted by molar-refractivity contribution is 6.24. The Morgan fingerprint density at radius 3 is 2.39 bits per heavy atom. The summed E-state index contributed by atoms with van der Waals surface area (Å²) >= 11 is 0. The van der Waals surface area contributed by atoms with Crippen LogP contribution in [0.4, 0.5) is 11.4 Å². The van der Waals surface area contributed by atoms with Crippen molar-refractivity contribution in [1.82, 2.24) is 5.32 Å². The van der Waals surface area contributed by atoms with Crippen molar-refractivity contribution in [1.29, 1.82) is 0 Å². The van der Waals surface area contributed by atoms with E-state index in [1.54, 1.807) is 0 Å². The number of non-ortho nitro benzene ring substituents is 1. The van der Waals surface area contributed by atoms with Gasteiger partial charge in [0.05, 0.1) is 28.9 Å². The number of carboxylic acids is 2. The number of carbonyl (C=O) groups excluding carboxylic acids is 2. The van der Waals surface area contributed by atoms with Gasteiger partial charge in [0, 0.05) is 23.7 Å². The lowest BCUT2D eigenvalue weighted by Gasteiger charge is -2.29. The van der Waals surface area contributed by atoms with Gasteiger partial charge in [-0.05, 0) is 12.1 Å². The summed E-state index contributed by atoms with van der Waals surface area (Å²) in [5.74, 6) is -8.32. The molecule has 2 aliphatic heterocycles. The molecular formula is C21H17N3O9. The molecule has 2 aromatic carbocycles. The molecule has 0 spiro atoms. The Kier molecular flexibility index (Phi) is 5.09. The summed E-state index contributed by atoms with van der Waals surface area (Å²) in [5.41, 5.74) is -2.77. The Hall–Kier alpha value is -4.32. The molecule has 170 valence electrons. The molecule has 2 amide bonds. The van der Waals surface area contributed by atoms with Crippen LogP contribution in [0.15, 0.2) is 48.5 Å². The fourth-order valence-electron chi connectivity index (χ4n) is 4.69. The van der Waals surface area contributed by atoms with Crippen molar-refractivity contribution in [2.45, 2.75) is 18.0 Å². The minimum atomic E-state index is -2.36. The second-order valence-electron chi connectivity index (χ2n) is 7.82. The molecule has 0 aliphatic carbocycles. The predicted molar refractivity (Wildman–Crippen MR) is 109 cm³/mol. The maximum atomic E-state index is 13.4. The quantitative estimate of drug-likeness (QED) is 0.278. The molecular weight excluding hydrogens is 438 g/mol. The fraction of sp³-hybridized carbons (Fsp3) is 0.238. The van der Waals surface area contributed by atoms with Gasteiger partial charge in [0.15, 0.2) is 0 Å². The number of nitrogens with one attached hydrogen (secondary N) is 1. The molecule has 0 saturated carbocycles. The summed E-state index contributed by atoms with van der Waals surface area (Å²) in [4.78, 5) is 61.9. The van der Waals surface area contributed by atoms with E-state index in [2.05, 4.69) is 5.32 Å². The van der Waals surface area contributed by atoms with Crippen molar-refractivity contribution in [3.8, 4) is 5.75 Å². The number of hydrogen-bond donors (Lipinski definition) is 4. The summed E-state index contributed by atoms with van der Waals surface area (Å²) < 4.78 is 0. The van der Waals surface area contributed by atoms with Crippen LogP contribution in [0.25, 0.3) is 0 Å². The van der Waals surface area contributed by atoms with Gasteiger partial charge in [-0.2, -0.15) is 0 Å². The average molecular weight is 455 g/mol. The third kappa shape index (κ3) is 3.27. The zero-order chi connectivity index (χ0) is 24.1. The maximum absolute atomic E-state index is 13.4. The zero-order valence-corrected chi connectivity index (χ0v) is 16.7. The minimum Gasteiger partial charge on any atom is -0.508 e. The number of carbonyl (C=O) groups is 4. The molecule has 0 aromatic heterocycles. The van der Waals surface area contributed by atoms with Crippen molar-refractivity contribution >= 4 is 35.1 Å². The number of phenolic OH excluding ortho intramolecular Hbond substituents is 1. The second kappa shape index (κ2) is 7.67. The van der Waals surface area contributed by atoms with Gasteiger partial charge in [-0.3, -0.25) is 34.6 Å². The third-order valence-electron chi connectivity index (χ3n) is 6.04. The van der Waals surface area contributed by atoms with Gasteiger partial charge in [0.1, 0.15) is 11.3 Å². The molecule has 4 rings (SSSR count). The number of nitro benzene ring substituents is 1. The number of phenols is 1. The van der Waals surface area contributed by atoms with Crippen molar-refractivity contribution in [2.75, 3.05) is 4.90 Å². The molecule has 4 N–H and O–H groups in total. The minimum absolute atomic E-state index is 0.114. The summed E-state index contributed by atoms with van der Waals surface area (Å²) in [6, 6.07) is 9.28. The van der Waals surface area contributed by atoms with Crippen molar-refractivity contribution in [2.24, 2.45) is 11.8 Å². The molecule has 2 fully saturated rings. The SMILES string of the molecule is O=C(O)CC1(C(=O)O)NC(c2ccccc2O)C2C(=O)N(c3cccc([N+](=O)[O-])c3)C(=O)C21. The van der Waals surface area contributed by atoms with Gasteiger partial charge in [0.25, 0.3) is 5.69 Å². The molecule has 0 bridgehead atoms. The monoisotopic (exact) mass is 455 g/mol. The van der Waals surface area contributed by atoms with E-state index in [-0.39, 0.29) is 17.0 Å². The number of aliphatic carboxylic acids is 2. The van der Waals surface area contributed by atoms with Gasteiger partial charge in [-0.25, -0.2) is 4.90 Å². The number of para-hydroxylation sites is 1. The van der Waals surface area contributed by atoms with Crippen molar-refractivity contribution in [3.05, 3.63) is 64.2 Å². The third-order valence-corrected chi connectivity index (χ3v) is 6.04. The Morgan fingerprint density at radius 2 is 1.79 bits per heavy atom. The van der Waals surface area contributed by atoms with E-state index in [4.69, 9.17) is 0 Å². The first kappa shape index (κ1) is 21.9. The van der Waals surface area contributed by atoms with Crippen LogP contribution in [0.2, 0.25) is 0 Å². The number of nitro groups is 1. The molecule has 0 radical (unpaired) electrons. The van der Waals surface area contributed by atoms with Crippen LogP contribution in [0.5, 0.6) is 5.75 Å². The smallest absolute Gasteiger partial charge is 0.325 e.